The zero-order valence-electron chi connectivity index (χ0n) is 15.9. The van der Waals surface area contributed by atoms with E-state index in [2.05, 4.69) is 16.9 Å². The normalized spacial score (nSPS) is 32.4. The van der Waals surface area contributed by atoms with Gasteiger partial charge >= 0.3 is 5.97 Å². The molecule has 6 heteroatoms. The number of ether oxygens (including phenoxy) is 1. The van der Waals surface area contributed by atoms with Gasteiger partial charge in [0.25, 0.3) is 0 Å². The molecule has 2 aromatic rings. The highest BCUT2D eigenvalue weighted by molar-refractivity contribution is 5.82. The SMILES string of the molecule is C[C@H]1CC[C@@]2(O)C(=O)O[C@H](C)[C@H]2[C@H]1/C=C/c1ccc(-c2cccnc2F)cn1. The monoisotopic (exact) mass is 382 g/mol. The Morgan fingerprint density at radius 3 is 2.82 bits per heavy atom. The first-order valence-electron chi connectivity index (χ1n) is 9.59. The number of aromatic nitrogens is 2. The van der Waals surface area contributed by atoms with E-state index in [0.717, 1.165) is 12.1 Å². The maximum absolute atomic E-state index is 13.8. The third-order valence-corrected chi connectivity index (χ3v) is 6.10. The van der Waals surface area contributed by atoms with Crippen LogP contribution >= 0.6 is 0 Å². The first kappa shape index (κ1) is 18.7. The zero-order chi connectivity index (χ0) is 19.9. The summed E-state index contributed by atoms with van der Waals surface area (Å²) in [4.78, 5) is 20.2. The first-order valence-corrected chi connectivity index (χ1v) is 9.59. The minimum absolute atomic E-state index is 0.0115. The summed E-state index contributed by atoms with van der Waals surface area (Å²) in [5.41, 5.74) is 0.404. The fourth-order valence-corrected chi connectivity index (χ4v) is 4.55. The molecule has 1 N–H and O–H groups in total. The average Bonchev–Trinajstić information content (AvgIpc) is 2.91. The van der Waals surface area contributed by atoms with E-state index in [1.165, 1.54) is 6.20 Å². The molecule has 3 heterocycles. The maximum Gasteiger partial charge on any atom is 0.338 e. The molecule has 0 aromatic carbocycles. The van der Waals surface area contributed by atoms with Crippen LogP contribution < -0.4 is 0 Å². The predicted octanol–water partition coefficient (Wildman–Crippen LogP) is 3.63. The van der Waals surface area contributed by atoms with Crippen LogP contribution in [0.4, 0.5) is 4.39 Å². The van der Waals surface area contributed by atoms with Crippen LogP contribution in [0.25, 0.3) is 17.2 Å². The molecule has 0 bridgehead atoms. The molecule has 1 saturated heterocycles. The van der Waals surface area contributed by atoms with Crippen LogP contribution in [0.2, 0.25) is 0 Å². The number of fused-ring (bicyclic) bond motifs is 1. The summed E-state index contributed by atoms with van der Waals surface area (Å²) in [5.74, 6) is -0.956. The zero-order valence-corrected chi connectivity index (χ0v) is 15.9. The molecule has 1 aliphatic carbocycles. The molecular formula is C22H23FN2O3. The Kier molecular flexibility index (Phi) is 4.75. The van der Waals surface area contributed by atoms with Gasteiger partial charge in [0.2, 0.25) is 5.95 Å². The number of rotatable bonds is 3. The third-order valence-electron chi connectivity index (χ3n) is 6.10. The smallest absolute Gasteiger partial charge is 0.338 e. The van der Waals surface area contributed by atoms with Crippen molar-refractivity contribution in [1.29, 1.82) is 0 Å². The Morgan fingerprint density at radius 2 is 2.11 bits per heavy atom. The summed E-state index contributed by atoms with van der Waals surface area (Å²) in [6.45, 7) is 3.97. The molecule has 5 atom stereocenters. The van der Waals surface area contributed by atoms with Gasteiger partial charge in [-0.25, -0.2) is 9.78 Å². The van der Waals surface area contributed by atoms with Gasteiger partial charge in [-0.15, -0.1) is 0 Å². The molecular weight excluding hydrogens is 359 g/mol. The number of aliphatic hydroxyl groups is 1. The van der Waals surface area contributed by atoms with Crippen molar-refractivity contribution in [1.82, 2.24) is 9.97 Å². The predicted molar refractivity (Wildman–Crippen MR) is 102 cm³/mol. The van der Waals surface area contributed by atoms with E-state index in [9.17, 15) is 14.3 Å². The number of carbonyl (C=O) groups is 1. The van der Waals surface area contributed by atoms with E-state index >= 15 is 0 Å². The van der Waals surface area contributed by atoms with Gasteiger partial charge in [0.1, 0.15) is 6.10 Å². The van der Waals surface area contributed by atoms with Crippen molar-refractivity contribution >= 4 is 12.0 Å². The second kappa shape index (κ2) is 7.09. The van der Waals surface area contributed by atoms with E-state index in [1.807, 2.05) is 25.1 Å². The van der Waals surface area contributed by atoms with Crippen molar-refractivity contribution in [2.24, 2.45) is 17.8 Å². The van der Waals surface area contributed by atoms with E-state index in [4.69, 9.17) is 4.74 Å². The molecule has 1 aliphatic heterocycles. The number of nitrogens with zero attached hydrogens (tertiary/aromatic N) is 2. The van der Waals surface area contributed by atoms with Gasteiger partial charge in [-0.05, 0) is 55.9 Å². The third kappa shape index (κ3) is 3.11. The molecule has 4 rings (SSSR count). The highest BCUT2D eigenvalue weighted by atomic mass is 19.1. The summed E-state index contributed by atoms with van der Waals surface area (Å²) in [6, 6.07) is 6.97. The summed E-state index contributed by atoms with van der Waals surface area (Å²) < 4.78 is 19.2. The molecule has 0 unspecified atom stereocenters. The number of carbonyl (C=O) groups excluding carboxylic acids is 1. The van der Waals surface area contributed by atoms with E-state index in [-0.39, 0.29) is 17.9 Å². The summed E-state index contributed by atoms with van der Waals surface area (Å²) in [7, 11) is 0. The minimum atomic E-state index is -1.39. The van der Waals surface area contributed by atoms with Crippen LogP contribution in [0.15, 0.2) is 42.7 Å². The van der Waals surface area contributed by atoms with Crippen molar-refractivity contribution in [2.75, 3.05) is 0 Å². The fourth-order valence-electron chi connectivity index (χ4n) is 4.55. The number of halogens is 1. The van der Waals surface area contributed by atoms with Crippen molar-refractivity contribution in [2.45, 2.75) is 38.4 Å². The molecule has 0 radical (unpaired) electrons. The lowest BCUT2D eigenvalue weighted by Gasteiger charge is -2.40. The highest BCUT2D eigenvalue weighted by Crippen LogP contribution is 2.49. The Bertz CT molecular complexity index is 914. The summed E-state index contributed by atoms with van der Waals surface area (Å²) in [5, 5.41) is 10.9. The fraction of sp³-hybridized carbons (Fsp3) is 0.409. The number of pyridine rings is 2. The van der Waals surface area contributed by atoms with Gasteiger partial charge in [-0.1, -0.05) is 19.1 Å². The lowest BCUT2D eigenvalue weighted by molar-refractivity contribution is -0.158. The van der Waals surface area contributed by atoms with Gasteiger partial charge in [0.05, 0.1) is 5.69 Å². The van der Waals surface area contributed by atoms with E-state index in [0.29, 0.717) is 23.5 Å². The maximum atomic E-state index is 13.8. The molecule has 1 saturated carbocycles. The standard InChI is InChI=1S/C22H23FN2O3/c1-13-9-10-22(27)19(14(2)28-21(22)26)17(13)8-7-16-6-5-15(12-25-16)18-4-3-11-24-20(18)23/h3-8,11-14,17,19,27H,9-10H2,1-2H3/b8-7+/t13-,14+,17-,19-,22-/m0/s1. The van der Waals surface area contributed by atoms with Crippen LogP contribution in [0.1, 0.15) is 32.4 Å². The van der Waals surface area contributed by atoms with E-state index in [1.54, 1.807) is 24.4 Å². The Labute approximate surface area is 163 Å². The second-order valence-electron chi connectivity index (χ2n) is 7.83. The minimum Gasteiger partial charge on any atom is -0.460 e. The van der Waals surface area contributed by atoms with Crippen molar-refractivity contribution in [3.63, 3.8) is 0 Å². The Hall–Kier alpha value is -2.60. The van der Waals surface area contributed by atoms with Crippen LogP contribution in [0, 0.1) is 23.7 Å². The number of hydrogen-bond donors (Lipinski definition) is 1. The Morgan fingerprint density at radius 1 is 1.29 bits per heavy atom. The number of cyclic esters (lactones) is 1. The molecule has 2 aliphatic rings. The van der Waals surface area contributed by atoms with Gasteiger partial charge in [-0.2, -0.15) is 4.39 Å². The van der Waals surface area contributed by atoms with Crippen molar-refractivity contribution < 1.29 is 19.0 Å². The van der Waals surface area contributed by atoms with Crippen molar-refractivity contribution in [3.8, 4) is 11.1 Å². The number of allylic oxidation sites excluding steroid dienone is 1. The molecule has 146 valence electrons. The quantitative estimate of drug-likeness (QED) is 0.648. The van der Waals surface area contributed by atoms with E-state index < -0.39 is 17.5 Å². The highest BCUT2D eigenvalue weighted by Gasteiger charge is 2.59. The molecule has 0 amide bonds. The molecule has 0 spiro atoms. The second-order valence-corrected chi connectivity index (χ2v) is 7.83. The van der Waals surface area contributed by atoms with Gasteiger partial charge in [0.15, 0.2) is 5.60 Å². The molecule has 28 heavy (non-hydrogen) atoms. The topological polar surface area (TPSA) is 72.3 Å². The lowest BCUT2D eigenvalue weighted by atomic mass is 9.64. The molecule has 2 fully saturated rings. The largest absolute Gasteiger partial charge is 0.460 e. The van der Waals surface area contributed by atoms with Crippen LogP contribution in [-0.4, -0.2) is 32.7 Å². The number of esters is 1. The molecule has 5 nitrogen and oxygen atoms in total. The van der Waals surface area contributed by atoms with Crippen LogP contribution in [0.3, 0.4) is 0 Å². The van der Waals surface area contributed by atoms with Crippen molar-refractivity contribution in [3.05, 3.63) is 54.4 Å². The summed E-state index contributed by atoms with van der Waals surface area (Å²) in [6.07, 6.45) is 7.82. The van der Waals surface area contributed by atoms with Gasteiger partial charge in [0, 0.05) is 29.4 Å². The van der Waals surface area contributed by atoms with Gasteiger partial charge < -0.3 is 9.84 Å². The van der Waals surface area contributed by atoms with Crippen LogP contribution in [-0.2, 0) is 9.53 Å². The van der Waals surface area contributed by atoms with Crippen LogP contribution in [0.5, 0.6) is 0 Å². The lowest BCUT2D eigenvalue weighted by Crippen LogP contribution is -2.50. The average molecular weight is 382 g/mol. The number of hydrogen-bond acceptors (Lipinski definition) is 5. The van der Waals surface area contributed by atoms with Gasteiger partial charge in [-0.3, -0.25) is 4.98 Å². The molecule has 2 aromatic heterocycles. The Balaban J connectivity index is 1.56. The summed E-state index contributed by atoms with van der Waals surface area (Å²) >= 11 is 0. The first-order chi connectivity index (χ1) is 13.4.